The van der Waals surface area contributed by atoms with Gasteiger partial charge in [0.2, 0.25) is 0 Å². The maximum Gasteiger partial charge on any atom is 0.462 e. The number of alkyl halides is 5. The van der Waals surface area contributed by atoms with Crippen molar-refractivity contribution in [1.82, 2.24) is 0 Å². The van der Waals surface area contributed by atoms with Gasteiger partial charge in [-0.1, -0.05) is 12.2 Å². The zero-order valence-electron chi connectivity index (χ0n) is 14.2. The Morgan fingerprint density at radius 2 is 1.80 bits per heavy atom. The lowest BCUT2D eigenvalue weighted by Crippen LogP contribution is -2.62. The summed E-state index contributed by atoms with van der Waals surface area (Å²) in [5.74, 6) is -12.2. The van der Waals surface area contributed by atoms with Gasteiger partial charge in [-0.3, -0.25) is 4.79 Å². The quantitative estimate of drug-likeness (QED) is 0.414. The molecule has 0 N–H and O–H groups in total. The summed E-state index contributed by atoms with van der Waals surface area (Å²) in [5, 5.41) is 0. The van der Waals surface area contributed by atoms with Crippen molar-refractivity contribution in [3.05, 3.63) is 12.2 Å². The predicted molar refractivity (Wildman–Crippen MR) is 77.6 cm³/mol. The summed E-state index contributed by atoms with van der Waals surface area (Å²) in [4.78, 5) is 12.0. The van der Waals surface area contributed by atoms with Crippen LogP contribution in [-0.2, 0) is 14.3 Å². The first kappa shape index (κ1) is 18.6. The average Bonchev–Trinajstić information content (AvgIpc) is 3.11. The van der Waals surface area contributed by atoms with E-state index in [9.17, 15) is 18.0 Å². The van der Waals surface area contributed by atoms with Gasteiger partial charge in [-0.25, -0.2) is 0 Å². The smallest absolute Gasteiger partial charge is 0.418 e. The van der Waals surface area contributed by atoms with E-state index < -0.39 is 47.7 Å². The third kappa shape index (κ3) is 2.67. The van der Waals surface area contributed by atoms with Crippen LogP contribution in [0, 0.1) is 29.1 Å². The van der Waals surface area contributed by atoms with E-state index >= 15 is 8.78 Å². The molecule has 1 saturated heterocycles. The fourth-order valence-electron chi connectivity index (χ4n) is 4.04. The van der Waals surface area contributed by atoms with Crippen LogP contribution in [0.3, 0.4) is 0 Å². The van der Waals surface area contributed by atoms with Crippen LogP contribution in [0.25, 0.3) is 0 Å². The van der Waals surface area contributed by atoms with E-state index in [1.165, 1.54) is 20.8 Å². The highest BCUT2D eigenvalue weighted by molar-refractivity contribution is 5.76. The van der Waals surface area contributed by atoms with Gasteiger partial charge in [0, 0.05) is 0 Å². The Morgan fingerprint density at radius 3 is 2.24 bits per heavy atom. The Hall–Kier alpha value is -1.18. The molecule has 1 saturated carbocycles. The minimum absolute atomic E-state index is 0.129. The number of hydrogen-bond donors (Lipinski definition) is 0. The molecule has 0 spiro atoms. The molecule has 0 aromatic carbocycles. The minimum atomic E-state index is -5.54. The topological polar surface area (TPSA) is 35.5 Å². The molecule has 3 aliphatic rings. The van der Waals surface area contributed by atoms with Crippen molar-refractivity contribution in [2.75, 3.05) is 6.61 Å². The van der Waals surface area contributed by atoms with E-state index in [0.29, 0.717) is 12.8 Å². The van der Waals surface area contributed by atoms with E-state index in [4.69, 9.17) is 0 Å². The van der Waals surface area contributed by atoms with Gasteiger partial charge < -0.3 is 9.47 Å². The second-order valence-corrected chi connectivity index (χ2v) is 8.24. The van der Waals surface area contributed by atoms with Crippen molar-refractivity contribution >= 4 is 5.97 Å². The zero-order chi connectivity index (χ0) is 18.8. The third-order valence-electron chi connectivity index (χ3n) is 5.44. The molecular weight excluding hydrogens is 347 g/mol. The Kier molecular flexibility index (Phi) is 4.03. The summed E-state index contributed by atoms with van der Waals surface area (Å²) >= 11 is 0. The lowest BCUT2D eigenvalue weighted by molar-refractivity contribution is -0.407. The van der Waals surface area contributed by atoms with E-state index in [0.717, 1.165) is 0 Å². The Bertz CT molecular complexity index is 592. The minimum Gasteiger partial charge on any atom is -0.418 e. The molecule has 5 atom stereocenters. The average molecular weight is 368 g/mol. The molecule has 5 unspecified atom stereocenters. The van der Waals surface area contributed by atoms with Crippen molar-refractivity contribution in [3.8, 4) is 0 Å². The lowest BCUT2D eigenvalue weighted by atomic mass is 9.78. The van der Waals surface area contributed by atoms with E-state index in [1.54, 1.807) is 6.08 Å². The molecule has 0 radical (unpaired) electrons. The molecule has 2 fully saturated rings. The maximum absolute atomic E-state index is 15.0. The molecule has 0 amide bonds. The number of carbonyl (C=O) groups excluding carboxylic acids is 1. The van der Waals surface area contributed by atoms with Gasteiger partial charge in [0.05, 0.1) is 17.9 Å². The van der Waals surface area contributed by atoms with Gasteiger partial charge in [0.25, 0.3) is 0 Å². The van der Waals surface area contributed by atoms with Crippen LogP contribution >= 0.6 is 0 Å². The molecular formula is C17H21F5O3. The van der Waals surface area contributed by atoms with Gasteiger partial charge in [0.15, 0.2) is 0 Å². The highest BCUT2D eigenvalue weighted by Gasteiger charge is 2.81. The van der Waals surface area contributed by atoms with Crippen molar-refractivity contribution in [1.29, 1.82) is 0 Å². The second-order valence-electron chi connectivity index (χ2n) is 8.24. The first-order valence-electron chi connectivity index (χ1n) is 8.30. The molecule has 0 aromatic heterocycles. The van der Waals surface area contributed by atoms with Crippen LogP contribution in [0.1, 0.15) is 33.6 Å². The van der Waals surface area contributed by atoms with Crippen LogP contribution in [0.2, 0.25) is 0 Å². The van der Waals surface area contributed by atoms with Gasteiger partial charge >= 0.3 is 23.9 Å². The molecule has 2 bridgehead atoms. The van der Waals surface area contributed by atoms with Crippen molar-refractivity contribution in [2.24, 2.45) is 29.1 Å². The number of rotatable bonds is 2. The molecule has 3 nitrogen and oxygen atoms in total. The number of allylic oxidation sites excluding steroid dienone is 2. The Morgan fingerprint density at radius 1 is 1.16 bits per heavy atom. The van der Waals surface area contributed by atoms with Crippen molar-refractivity contribution in [2.45, 2.75) is 51.5 Å². The highest BCUT2D eigenvalue weighted by Crippen LogP contribution is 2.60. The predicted octanol–water partition coefficient (Wildman–Crippen LogP) is 4.33. The van der Waals surface area contributed by atoms with E-state index in [-0.39, 0.29) is 11.8 Å². The number of fused-ring (bicyclic) bond motifs is 2. The Labute approximate surface area is 142 Å². The van der Waals surface area contributed by atoms with E-state index in [2.05, 4.69) is 9.47 Å². The number of ether oxygens (including phenoxy) is 2. The summed E-state index contributed by atoms with van der Waals surface area (Å²) in [6, 6.07) is 0. The number of halogens is 5. The van der Waals surface area contributed by atoms with Crippen LogP contribution in [-0.4, -0.2) is 30.5 Å². The SMILES string of the molecule is CC(C)(C)C(=O)OC1(C(F)(F)F)OCC(C2CC3C=CC2C3)C1(F)F. The van der Waals surface area contributed by atoms with Crippen molar-refractivity contribution in [3.63, 3.8) is 0 Å². The Balaban J connectivity index is 1.94. The summed E-state index contributed by atoms with van der Waals surface area (Å²) in [5.41, 5.74) is -1.37. The van der Waals surface area contributed by atoms with Gasteiger partial charge in [-0.05, 0) is 51.4 Å². The fourth-order valence-corrected chi connectivity index (χ4v) is 4.04. The highest BCUT2D eigenvalue weighted by atomic mass is 19.4. The summed E-state index contributed by atoms with van der Waals surface area (Å²) in [7, 11) is 0. The lowest BCUT2D eigenvalue weighted by Gasteiger charge is -2.38. The maximum atomic E-state index is 15.0. The van der Waals surface area contributed by atoms with E-state index in [1.807, 2.05) is 6.08 Å². The molecule has 0 aromatic rings. The van der Waals surface area contributed by atoms with Crippen molar-refractivity contribution < 1.29 is 36.2 Å². The largest absolute Gasteiger partial charge is 0.462 e. The first-order valence-corrected chi connectivity index (χ1v) is 8.30. The van der Waals surface area contributed by atoms with Crippen LogP contribution in [0.4, 0.5) is 22.0 Å². The molecule has 1 aliphatic heterocycles. The fraction of sp³-hybridized carbons (Fsp3) is 0.824. The summed E-state index contributed by atoms with van der Waals surface area (Å²) in [6.45, 7) is 3.10. The zero-order valence-corrected chi connectivity index (χ0v) is 14.2. The number of esters is 1. The van der Waals surface area contributed by atoms with Gasteiger partial charge in [-0.15, -0.1) is 0 Å². The first-order chi connectivity index (χ1) is 11.3. The summed E-state index contributed by atoms with van der Waals surface area (Å²) < 4.78 is 79.8. The van der Waals surface area contributed by atoms with Gasteiger partial charge in [0.1, 0.15) is 0 Å². The number of carbonyl (C=O) groups is 1. The third-order valence-corrected chi connectivity index (χ3v) is 5.44. The van der Waals surface area contributed by atoms with Gasteiger partial charge in [-0.2, -0.15) is 22.0 Å². The van der Waals surface area contributed by atoms with Crippen LogP contribution < -0.4 is 0 Å². The van der Waals surface area contributed by atoms with Crippen LogP contribution in [0.5, 0.6) is 0 Å². The molecule has 8 heteroatoms. The number of hydrogen-bond acceptors (Lipinski definition) is 3. The standard InChI is InChI=1S/C17H21F5O3/c1-14(2,3)13(23)25-16(17(20,21)22)15(18,19)12(8-24-16)11-7-9-4-5-10(11)6-9/h4-5,9-12H,6-8H2,1-3H3. The van der Waals surface area contributed by atoms with Crippen LogP contribution in [0.15, 0.2) is 12.2 Å². The molecule has 25 heavy (non-hydrogen) atoms. The molecule has 142 valence electrons. The monoisotopic (exact) mass is 368 g/mol. The molecule has 2 aliphatic carbocycles. The second kappa shape index (κ2) is 5.41. The summed E-state index contributed by atoms with van der Waals surface area (Å²) in [6.07, 6.45) is -0.737. The molecule has 3 rings (SSSR count). The molecule has 1 heterocycles. The normalized spacial score (nSPS) is 39.8.